The van der Waals surface area contributed by atoms with E-state index in [2.05, 4.69) is 14.9 Å². The smallest absolute Gasteiger partial charge is 0.254 e. The van der Waals surface area contributed by atoms with Crippen LogP contribution in [0.4, 0.5) is 0 Å². The Morgan fingerprint density at radius 3 is 2.46 bits per heavy atom. The number of carbonyl (C=O) groups excluding carboxylic acids is 1. The van der Waals surface area contributed by atoms with Gasteiger partial charge in [0, 0.05) is 36.4 Å². The first-order valence-electron chi connectivity index (χ1n) is 9.54. The molecule has 0 unspecified atom stereocenters. The van der Waals surface area contributed by atoms with Gasteiger partial charge in [-0.3, -0.25) is 9.59 Å². The second-order valence-corrected chi connectivity index (χ2v) is 8.25. The number of fused-ring (bicyclic) bond motifs is 4. The van der Waals surface area contributed by atoms with Crippen LogP contribution in [0.5, 0.6) is 0 Å². The maximum atomic E-state index is 13.3. The normalized spacial score (nSPS) is 36.7. The molecule has 4 atom stereocenters. The number of hydrogen-bond donors (Lipinski definition) is 1. The second kappa shape index (κ2) is 5.17. The Bertz CT molecular complexity index is 743. The molecule has 5 nitrogen and oxygen atoms in total. The molecule has 2 bridgehead atoms. The van der Waals surface area contributed by atoms with Gasteiger partial charge in [-0.15, -0.1) is 0 Å². The lowest BCUT2D eigenvalue weighted by Crippen LogP contribution is -2.43. The maximum absolute atomic E-state index is 13.3. The summed E-state index contributed by atoms with van der Waals surface area (Å²) in [6.45, 7) is 1.84. The van der Waals surface area contributed by atoms with Crippen LogP contribution in [0.2, 0.25) is 0 Å². The van der Waals surface area contributed by atoms with E-state index in [0.717, 1.165) is 30.5 Å². The third-order valence-corrected chi connectivity index (χ3v) is 6.90. The fourth-order valence-corrected chi connectivity index (χ4v) is 5.76. The Kier molecular flexibility index (Phi) is 3.16. The molecule has 3 heterocycles. The average Bonchev–Trinajstić information content (AvgIpc) is 3.18. The Morgan fingerprint density at radius 2 is 1.75 bits per heavy atom. The highest BCUT2D eigenvalue weighted by Gasteiger charge is 2.57. The van der Waals surface area contributed by atoms with Crippen LogP contribution in [0, 0.1) is 24.7 Å². The second-order valence-electron chi connectivity index (χ2n) is 8.25. The van der Waals surface area contributed by atoms with E-state index < -0.39 is 0 Å². The summed E-state index contributed by atoms with van der Waals surface area (Å²) >= 11 is 0. The number of aryl methyl sites for hydroxylation is 1. The molecular formula is C19H25N3O2. The van der Waals surface area contributed by atoms with E-state index in [1.807, 2.05) is 6.92 Å². The Balaban J connectivity index is 1.44. The van der Waals surface area contributed by atoms with Gasteiger partial charge in [-0.1, -0.05) is 12.8 Å². The molecule has 0 aromatic carbocycles. The minimum Gasteiger partial charge on any atom is -0.336 e. The van der Waals surface area contributed by atoms with Gasteiger partial charge in [0.05, 0.1) is 5.69 Å². The van der Waals surface area contributed by atoms with Crippen molar-refractivity contribution >= 4 is 5.91 Å². The number of carbonyl (C=O) groups is 1. The van der Waals surface area contributed by atoms with Crippen LogP contribution in [-0.2, 0) is 17.6 Å². The molecule has 128 valence electrons. The van der Waals surface area contributed by atoms with E-state index in [-0.39, 0.29) is 23.6 Å². The molecule has 4 aliphatic rings. The van der Waals surface area contributed by atoms with Crippen LogP contribution in [0.25, 0.3) is 0 Å². The molecule has 1 aromatic heterocycles. The van der Waals surface area contributed by atoms with E-state index in [0.29, 0.717) is 30.0 Å². The van der Waals surface area contributed by atoms with Crippen LogP contribution in [0.3, 0.4) is 0 Å². The first-order chi connectivity index (χ1) is 11.6. The zero-order valence-corrected chi connectivity index (χ0v) is 14.3. The average molecular weight is 327 g/mol. The quantitative estimate of drug-likeness (QED) is 0.857. The molecule has 2 aliphatic heterocycles. The number of aromatic nitrogens is 2. The molecule has 0 spiro atoms. The molecule has 1 aromatic rings. The lowest BCUT2D eigenvalue weighted by Gasteiger charge is -2.28. The molecule has 0 radical (unpaired) electrons. The monoisotopic (exact) mass is 327 g/mol. The summed E-state index contributed by atoms with van der Waals surface area (Å²) in [4.78, 5) is 35.2. The maximum Gasteiger partial charge on any atom is 0.254 e. The summed E-state index contributed by atoms with van der Waals surface area (Å²) < 4.78 is 0. The predicted molar refractivity (Wildman–Crippen MR) is 89.6 cm³/mol. The van der Waals surface area contributed by atoms with Crippen molar-refractivity contribution in [1.29, 1.82) is 0 Å². The molecule has 1 N–H and O–H groups in total. The zero-order chi connectivity index (χ0) is 16.4. The molecule has 24 heavy (non-hydrogen) atoms. The Morgan fingerprint density at radius 1 is 1.08 bits per heavy atom. The lowest BCUT2D eigenvalue weighted by molar-refractivity contribution is -0.136. The van der Waals surface area contributed by atoms with Crippen molar-refractivity contribution in [2.75, 3.05) is 0 Å². The van der Waals surface area contributed by atoms with Crippen molar-refractivity contribution < 1.29 is 4.79 Å². The van der Waals surface area contributed by atoms with Crippen molar-refractivity contribution in [3.8, 4) is 0 Å². The van der Waals surface area contributed by atoms with Gasteiger partial charge in [-0.05, 0) is 44.4 Å². The molecule has 2 aliphatic carbocycles. The molecule has 1 saturated heterocycles. The van der Waals surface area contributed by atoms with Gasteiger partial charge >= 0.3 is 0 Å². The van der Waals surface area contributed by atoms with E-state index in [1.165, 1.54) is 25.7 Å². The van der Waals surface area contributed by atoms with Gasteiger partial charge in [0.25, 0.3) is 5.56 Å². The van der Waals surface area contributed by atoms with E-state index in [1.54, 1.807) is 0 Å². The largest absolute Gasteiger partial charge is 0.336 e. The van der Waals surface area contributed by atoms with Crippen LogP contribution in [-0.4, -0.2) is 32.9 Å². The van der Waals surface area contributed by atoms with Crippen molar-refractivity contribution in [2.45, 2.75) is 70.4 Å². The first-order valence-corrected chi connectivity index (χ1v) is 9.54. The van der Waals surface area contributed by atoms with Crippen molar-refractivity contribution in [3.05, 3.63) is 27.4 Å². The van der Waals surface area contributed by atoms with Gasteiger partial charge in [0.1, 0.15) is 5.82 Å². The fourth-order valence-electron chi connectivity index (χ4n) is 5.76. The molecule has 1 amide bonds. The van der Waals surface area contributed by atoms with Gasteiger partial charge in [0.2, 0.25) is 5.91 Å². The number of hydrogen-bond acceptors (Lipinski definition) is 3. The first kappa shape index (κ1) is 14.7. The summed E-state index contributed by atoms with van der Waals surface area (Å²) in [5.41, 5.74) is 1.74. The van der Waals surface area contributed by atoms with Crippen molar-refractivity contribution in [3.63, 3.8) is 0 Å². The van der Waals surface area contributed by atoms with Crippen LogP contribution >= 0.6 is 0 Å². The Hall–Kier alpha value is -1.65. The molecule has 3 fully saturated rings. The standard InChI is InChI=1S/C19H25N3O2/c1-10-20-16-9-12-7-6-11(8-15(16)18(23)21-10)22(12)19(24)17-13-4-2-3-5-14(13)17/h11-14,17H,2-9H2,1H3,(H,20,21,23)/t11-,12+,13+,14+/m1/s1. The van der Waals surface area contributed by atoms with E-state index in [9.17, 15) is 9.59 Å². The number of rotatable bonds is 1. The molecule has 2 saturated carbocycles. The topological polar surface area (TPSA) is 66.1 Å². The Labute approximate surface area is 141 Å². The summed E-state index contributed by atoms with van der Waals surface area (Å²) in [6.07, 6.45) is 8.60. The van der Waals surface area contributed by atoms with Crippen LogP contribution < -0.4 is 5.56 Å². The highest BCUT2D eigenvalue weighted by atomic mass is 16.2. The van der Waals surface area contributed by atoms with Crippen LogP contribution in [0.1, 0.15) is 55.6 Å². The zero-order valence-electron chi connectivity index (χ0n) is 14.3. The molecule has 5 rings (SSSR count). The van der Waals surface area contributed by atoms with Crippen molar-refractivity contribution in [1.82, 2.24) is 14.9 Å². The third kappa shape index (κ3) is 2.09. The number of aromatic amines is 1. The SMILES string of the molecule is Cc1nc2c(c(=O)[nH]1)C[C@H]1CC[C@@H](C2)N1C(=O)C1[C@H]2CCCC[C@H]12. The van der Waals surface area contributed by atoms with Crippen molar-refractivity contribution in [2.24, 2.45) is 17.8 Å². The van der Waals surface area contributed by atoms with Gasteiger partial charge in [-0.2, -0.15) is 0 Å². The fraction of sp³-hybridized carbons (Fsp3) is 0.737. The summed E-state index contributed by atoms with van der Waals surface area (Å²) in [7, 11) is 0. The predicted octanol–water partition coefficient (Wildman–Crippen LogP) is 1.97. The number of H-pyrrole nitrogens is 1. The highest BCUT2D eigenvalue weighted by Crippen LogP contribution is 2.57. The lowest BCUT2D eigenvalue weighted by atomic mass is 9.98. The molecular weight excluding hydrogens is 302 g/mol. The third-order valence-electron chi connectivity index (χ3n) is 6.90. The summed E-state index contributed by atoms with van der Waals surface area (Å²) in [6, 6.07) is 0.456. The summed E-state index contributed by atoms with van der Waals surface area (Å²) in [5.74, 6) is 2.66. The van der Waals surface area contributed by atoms with E-state index >= 15 is 0 Å². The summed E-state index contributed by atoms with van der Waals surface area (Å²) in [5, 5.41) is 0. The number of nitrogens with one attached hydrogen (secondary N) is 1. The van der Waals surface area contributed by atoms with Crippen LogP contribution in [0.15, 0.2) is 4.79 Å². The highest BCUT2D eigenvalue weighted by molar-refractivity contribution is 5.83. The molecule has 5 heteroatoms. The van der Waals surface area contributed by atoms with Gasteiger partial charge in [-0.25, -0.2) is 4.98 Å². The number of amides is 1. The minimum absolute atomic E-state index is 0.00228. The van der Waals surface area contributed by atoms with Gasteiger partial charge in [0.15, 0.2) is 0 Å². The minimum atomic E-state index is -0.00228. The number of nitrogens with zero attached hydrogens (tertiary/aromatic N) is 2. The van der Waals surface area contributed by atoms with E-state index in [4.69, 9.17) is 0 Å². The van der Waals surface area contributed by atoms with Gasteiger partial charge < -0.3 is 9.88 Å².